The van der Waals surface area contributed by atoms with E-state index in [1.165, 1.54) is 38.9 Å². The lowest BCUT2D eigenvalue weighted by Gasteiger charge is -2.22. The summed E-state index contributed by atoms with van der Waals surface area (Å²) in [4.78, 5) is 0. The van der Waals surface area contributed by atoms with E-state index >= 15 is 0 Å². The van der Waals surface area contributed by atoms with Crippen molar-refractivity contribution in [3.63, 3.8) is 0 Å². The van der Waals surface area contributed by atoms with Crippen LogP contribution in [-0.2, 0) is 10.8 Å². The Morgan fingerprint density at radius 3 is 1.85 bits per heavy atom. The lowest BCUT2D eigenvalue weighted by atomic mass is 9.81. The van der Waals surface area contributed by atoms with Gasteiger partial charge in [0.2, 0.25) is 0 Å². The molecule has 0 N–H and O–H groups in total. The summed E-state index contributed by atoms with van der Waals surface area (Å²) in [6.07, 6.45) is 0. The summed E-state index contributed by atoms with van der Waals surface area (Å²) in [5.74, 6) is 0. The van der Waals surface area contributed by atoms with Gasteiger partial charge in [-0.1, -0.05) is 93.0 Å². The molecule has 1 heteroatoms. The topological polar surface area (TPSA) is 0 Å². The molecule has 4 rings (SSSR count). The van der Waals surface area contributed by atoms with Gasteiger partial charge in [0.1, 0.15) is 0 Å². The third-order valence-electron chi connectivity index (χ3n) is 5.72. The fourth-order valence-electron chi connectivity index (χ4n) is 4.05. The minimum atomic E-state index is 0.0236. The molecule has 3 aromatic carbocycles. The van der Waals surface area contributed by atoms with Gasteiger partial charge in [0.25, 0.3) is 0 Å². The molecule has 0 fully saturated rings. The second-order valence-corrected chi connectivity index (χ2v) is 9.82. The molecule has 0 unspecified atom stereocenters. The molecule has 0 saturated carbocycles. The van der Waals surface area contributed by atoms with E-state index in [9.17, 15) is 0 Å². The smallest absolute Gasteiger partial charge is 0.0178 e. The number of fused-ring (bicyclic) bond motifs is 3. The quantitative estimate of drug-likeness (QED) is 0.389. The maximum absolute atomic E-state index is 3.64. The maximum atomic E-state index is 3.64. The first-order chi connectivity index (χ1) is 12.2. The highest BCUT2D eigenvalue weighted by Crippen LogP contribution is 2.50. The third-order valence-corrected chi connectivity index (χ3v) is 6.22. The number of rotatable bonds is 1. The third kappa shape index (κ3) is 2.74. The molecular weight excluding hydrogens is 380 g/mol. The van der Waals surface area contributed by atoms with Gasteiger partial charge in [0.05, 0.1) is 0 Å². The summed E-state index contributed by atoms with van der Waals surface area (Å²) in [6, 6.07) is 22.6. The lowest BCUT2D eigenvalue weighted by molar-refractivity contribution is 0.590. The zero-order chi connectivity index (χ0) is 18.7. The largest absolute Gasteiger partial charge is 0.0579 e. The van der Waals surface area contributed by atoms with Gasteiger partial charge in [-0.05, 0) is 62.6 Å². The van der Waals surface area contributed by atoms with Crippen molar-refractivity contribution >= 4 is 15.9 Å². The summed E-state index contributed by atoms with van der Waals surface area (Å²) in [6.45, 7) is 11.4. The molecule has 1 aliphatic rings. The van der Waals surface area contributed by atoms with Crippen LogP contribution in [0.15, 0.2) is 65.1 Å². The Morgan fingerprint density at radius 2 is 1.23 bits per heavy atom. The lowest BCUT2D eigenvalue weighted by Crippen LogP contribution is -2.15. The summed E-state index contributed by atoms with van der Waals surface area (Å²) in [5, 5.41) is 0. The number of halogens is 1. The van der Waals surface area contributed by atoms with Crippen molar-refractivity contribution in [3.8, 4) is 22.3 Å². The predicted octanol–water partition coefficient (Wildman–Crippen LogP) is 7.72. The monoisotopic (exact) mass is 404 g/mol. The Balaban J connectivity index is 1.80. The van der Waals surface area contributed by atoms with Crippen LogP contribution < -0.4 is 0 Å². The summed E-state index contributed by atoms with van der Waals surface area (Å²) >= 11 is 3.64. The molecule has 0 aromatic heterocycles. The van der Waals surface area contributed by atoms with E-state index < -0.39 is 0 Å². The van der Waals surface area contributed by atoms with Gasteiger partial charge >= 0.3 is 0 Å². The van der Waals surface area contributed by atoms with Crippen molar-refractivity contribution in [1.29, 1.82) is 0 Å². The molecule has 0 radical (unpaired) electrons. The molecule has 0 amide bonds. The first-order valence-electron chi connectivity index (χ1n) is 9.24. The molecule has 0 atom stereocenters. The number of hydrogen-bond acceptors (Lipinski definition) is 0. The van der Waals surface area contributed by atoms with Gasteiger partial charge < -0.3 is 0 Å². The Hall–Kier alpha value is -1.86. The highest BCUT2D eigenvalue weighted by Gasteiger charge is 2.35. The van der Waals surface area contributed by atoms with Gasteiger partial charge in [0.15, 0.2) is 0 Å². The van der Waals surface area contributed by atoms with E-state index in [4.69, 9.17) is 0 Å². The van der Waals surface area contributed by atoms with E-state index in [1.54, 1.807) is 0 Å². The van der Waals surface area contributed by atoms with E-state index in [1.807, 2.05) is 0 Å². The minimum absolute atomic E-state index is 0.0236. The molecule has 3 aromatic rings. The van der Waals surface area contributed by atoms with Crippen LogP contribution in [0.1, 0.15) is 51.3 Å². The fraction of sp³-hybridized carbons (Fsp3) is 0.280. The highest BCUT2D eigenvalue weighted by molar-refractivity contribution is 9.10. The van der Waals surface area contributed by atoms with Crippen LogP contribution in [0.3, 0.4) is 0 Å². The second kappa shape index (κ2) is 5.82. The Kier molecular flexibility index (Phi) is 3.93. The van der Waals surface area contributed by atoms with Crippen molar-refractivity contribution < 1.29 is 0 Å². The summed E-state index contributed by atoms with van der Waals surface area (Å²) in [7, 11) is 0. The zero-order valence-electron chi connectivity index (χ0n) is 16.2. The van der Waals surface area contributed by atoms with Gasteiger partial charge in [0, 0.05) is 9.89 Å². The van der Waals surface area contributed by atoms with E-state index in [-0.39, 0.29) is 10.8 Å². The van der Waals surface area contributed by atoms with Crippen LogP contribution in [-0.4, -0.2) is 0 Å². The maximum Gasteiger partial charge on any atom is 0.0178 e. The molecule has 0 bridgehead atoms. The van der Waals surface area contributed by atoms with Crippen LogP contribution in [0.2, 0.25) is 0 Å². The van der Waals surface area contributed by atoms with Crippen molar-refractivity contribution in [3.05, 3.63) is 81.8 Å². The van der Waals surface area contributed by atoms with Gasteiger partial charge in [-0.3, -0.25) is 0 Å². The normalized spacial score (nSPS) is 14.8. The molecule has 0 heterocycles. The Morgan fingerprint density at radius 1 is 0.692 bits per heavy atom. The molecule has 0 saturated heterocycles. The molecule has 132 valence electrons. The molecule has 1 aliphatic carbocycles. The van der Waals surface area contributed by atoms with Gasteiger partial charge in [-0.15, -0.1) is 0 Å². The predicted molar refractivity (Wildman–Crippen MR) is 116 cm³/mol. The van der Waals surface area contributed by atoms with E-state index in [0.29, 0.717) is 0 Å². The first-order valence-corrected chi connectivity index (χ1v) is 10.0. The molecule has 0 nitrogen and oxygen atoms in total. The van der Waals surface area contributed by atoms with Crippen LogP contribution in [0.5, 0.6) is 0 Å². The van der Waals surface area contributed by atoms with Crippen LogP contribution in [0.4, 0.5) is 0 Å². The SMILES string of the molecule is CC(C)(C)c1ccc(-c2ccc3c(c2)C(C)(C)c2cc(Br)ccc2-3)cc1. The van der Waals surface area contributed by atoms with Crippen molar-refractivity contribution in [2.75, 3.05) is 0 Å². The fourth-order valence-corrected chi connectivity index (χ4v) is 4.41. The first kappa shape index (κ1) is 17.5. The van der Waals surface area contributed by atoms with Crippen LogP contribution >= 0.6 is 15.9 Å². The summed E-state index contributed by atoms with van der Waals surface area (Å²) < 4.78 is 1.15. The second-order valence-electron chi connectivity index (χ2n) is 8.90. The minimum Gasteiger partial charge on any atom is -0.0579 e. The highest BCUT2D eigenvalue weighted by atomic mass is 79.9. The summed E-state index contributed by atoms with van der Waals surface area (Å²) in [5.41, 5.74) is 9.72. The number of benzene rings is 3. The average Bonchev–Trinajstić information content (AvgIpc) is 2.81. The zero-order valence-corrected chi connectivity index (χ0v) is 17.7. The van der Waals surface area contributed by atoms with Crippen molar-refractivity contribution in [2.45, 2.75) is 45.4 Å². The van der Waals surface area contributed by atoms with Gasteiger partial charge in [-0.2, -0.15) is 0 Å². The Labute approximate surface area is 165 Å². The molecule has 26 heavy (non-hydrogen) atoms. The van der Waals surface area contributed by atoms with Crippen LogP contribution in [0.25, 0.3) is 22.3 Å². The van der Waals surface area contributed by atoms with Crippen molar-refractivity contribution in [1.82, 2.24) is 0 Å². The van der Waals surface area contributed by atoms with E-state index in [2.05, 4.69) is 111 Å². The number of hydrogen-bond donors (Lipinski definition) is 0. The molecule has 0 spiro atoms. The molecule has 0 aliphatic heterocycles. The average molecular weight is 405 g/mol. The van der Waals surface area contributed by atoms with Crippen LogP contribution in [0, 0.1) is 0 Å². The Bertz CT molecular complexity index is 986. The standard InChI is InChI=1S/C25H25Br/c1-24(2,3)18-9-6-16(7-10-18)17-8-12-20-21-13-11-19(26)15-23(21)25(4,5)22(20)14-17/h6-15H,1-5H3. The van der Waals surface area contributed by atoms with Gasteiger partial charge in [-0.25, -0.2) is 0 Å². The molecular formula is C25H25Br. The van der Waals surface area contributed by atoms with E-state index in [0.717, 1.165) is 4.47 Å². The van der Waals surface area contributed by atoms with Crippen molar-refractivity contribution in [2.24, 2.45) is 0 Å².